The average molecular weight is 432 g/mol. The van der Waals surface area contributed by atoms with E-state index >= 15 is 0 Å². The zero-order valence-electron chi connectivity index (χ0n) is 18.4. The summed E-state index contributed by atoms with van der Waals surface area (Å²) in [5, 5.41) is 2.05. The van der Waals surface area contributed by atoms with Crippen LogP contribution in [0.25, 0.3) is 5.69 Å². The van der Waals surface area contributed by atoms with E-state index in [2.05, 4.69) is 22.1 Å². The molecule has 0 N–H and O–H groups in total. The molecule has 2 aliphatic heterocycles. The van der Waals surface area contributed by atoms with E-state index in [-0.39, 0.29) is 5.56 Å². The van der Waals surface area contributed by atoms with Gasteiger partial charge in [0.2, 0.25) is 0 Å². The van der Waals surface area contributed by atoms with Crippen molar-refractivity contribution in [2.24, 2.45) is 5.41 Å². The van der Waals surface area contributed by atoms with Gasteiger partial charge in [-0.1, -0.05) is 30.3 Å². The number of hydrogen-bond acceptors (Lipinski definition) is 5. The number of hydrogen-bond donors (Lipinski definition) is 0. The zero-order valence-corrected chi connectivity index (χ0v) is 18.4. The van der Waals surface area contributed by atoms with Crippen molar-refractivity contribution in [1.29, 1.82) is 0 Å². The lowest BCUT2D eigenvalue weighted by molar-refractivity contribution is -0.161. The molecule has 0 unspecified atom stereocenters. The second kappa shape index (κ2) is 8.81. The van der Waals surface area contributed by atoms with E-state index in [0.717, 1.165) is 37.4 Å². The molecule has 3 aromatic rings. The molecule has 2 aliphatic rings. The number of piperidine rings is 1. The van der Waals surface area contributed by atoms with Gasteiger partial charge in [0.25, 0.3) is 5.56 Å². The third-order valence-electron chi connectivity index (χ3n) is 6.73. The van der Waals surface area contributed by atoms with Crippen LogP contribution >= 0.6 is 0 Å². The highest BCUT2D eigenvalue weighted by molar-refractivity contribution is 5.53. The lowest BCUT2D eigenvalue weighted by Crippen LogP contribution is -2.60. The summed E-state index contributed by atoms with van der Waals surface area (Å²) >= 11 is 0. The van der Waals surface area contributed by atoms with Crippen LogP contribution in [0.3, 0.4) is 0 Å². The van der Waals surface area contributed by atoms with Crippen LogP contribution in [-0.2, 0) is 11.4 Å². The second-order valence-corrected chi connectivity index (χ2v) is 8.83. The van der Waals surface area contributed by atoms with Gasteiger partial charge >= 0.3 is 0 Å². The number of ether oxygens (including phenoxy) is 1. The largest absolute Gasteiger partial charge is 0.489 e. The molecule has 0 atom stereocenters. The molecule has 166 valence electrons. The molecule has 3 heterocycles. The lowest BCUT2D eigenvalue weighted by atomic mass is 9.72. The van der Waals surface area contributed by atoms with Gasteiger partial charge in [-0.3, -0.25) is 9.36 Å². The molecule has 0 aliphatic carbocycles. The molecule has 0 bridgehead atoms. The van der Waals surface area contributed by atoms with Crippen LogP contribution in [0.4, 0.5) is 5.69 Å². The maximum Gasteiger partial charge on any atom is 0.258 e. The van der Waals surface area contributed by atoms with E-state index in [1.807, 2.05) is 48.5 Å². The van der Waals surface area contributed by atoms with E-state index < -0.39 is 0 Å². The van der Waals surface area contributed by atoms with Crippen LogP contribution in [0.2, 0.25) is 0 Å². The van der Waals surface area contributed by atoms with Crippen molar-refractivity contribution >= 4 is 5.69 Å². The van der Waals surface area contributed by atoms with E-state index in [9.17, 15) is 4.79 Å². The maximum absolute atomic E-state index is 12.6. The monoisotopic (exact) mass is 431 g/mol. The van der Waals surface area contributed by atoms with Gasteiger partial charge in [-0.25, -0.2) is 0 Å². The molecular weight excluding hydrogens is 402 g/mol. The summed E-state index contributed by atoms with van der Waals surface area (Å²) in [4.78, 5) is 20.4. The minimum atomic E-state index is -0.101. The maximum atomic E-state index is 12.6. The molecule has 6 nitrogen and oxygen atoms in total. The van der Waals surface area contributed by atoms with Crippen molar-refractivity contribution in [1.82, 2.24) is 9.63 Å². The fraction of sp³-hybridized carbons (Fsp3) is 0.346. The van der Waals surface area contributed by atoms with Gasteiger partial charge in [0.05, 0.1) is 7.11 Å². The number of hydroxylamine groups is 2. The summed E-state index contributed by atoms with van der Waals surface area (Å²) in [5.41, 5.74) is 3.47. The molecule has 6 heteroatoms. The van der Waals surface area contributed by atoms with Gasteiger partial charge in [-0.2, -0.15) is 5.06 Å². The predicted octanol–water partition coefficient (Wildman–Crippen LogP) is 3.88. The Morgan fingerprint density at radius 3 is 2.25 bits per heavy atom. The molecule has 32 heavy (non-hydrogen) atoms. The van der Waals surface area contributed by atoms with Gasteiger partial charge in [-0.15, -0.1) is 0 Å². The number of aromatic nitrogens is 1. The predicted molar refractivity (Wildman–Crippen MR) is 125 cm³/mol. The van der Waals surface area contributed by atoms with Crippen molar-refractivity contribution in [3.63, 3.8) is 0 Å². The Balaban J connectivity index is 1.20. The highest BCUT2D eigenvalue weighted by atomic mass is 16.7. The first-order valence-corrected chi connectivity index (χ1v) is 11.2. The number of benzene rings is 2. The van der Waals surface area contributed by atoms with E-state index in [1.54, 1.807) is 23.9 Å². The Kier molecular flexibility index (Phi) is 5.72. The molecule has 0 saturated carbocycles. The van der Waals surface area contributed by atoms with Crippen LogP contribution in [0, 0.1) is 5.41 Å². The Hall–Kier alpha value is -3.09. The summed E-state index contributed by atoms with van der Waals surface area (Å²) < 4.78 is 7.42. The van der Waals surface area contributed by atoms with Crippen LogP contribution < -0.4 is 15.2 Å². The smallest absolute Gasteiger partial charge is 0.258 e. The quantitative estimate of drug-likeness (QED) is 0.593. The highest BCUT2D eigenvalue weighted by Crippen LogP contribution is 2.42. The Morgan fingerprint density at radius 1 is 0.906 bits per heavy atom. The summed E-state index contributed by atoms with van der Waals surface area (Å²) in [6.07, 6.45) is 4.15. The average Bonchev–Trinajstić information content (AvgIpc) is 2.82. The first-order chi connectivity index (χ1) is 15.6. The first kappa shape index (κ1) is 20.8. The normalized spacial score (nSPS) is 17.8. The fourth-order valence-corrected chi connectivity index (χ4v) is 4.73. The highest BCUT2D eigenvalue weighted by Gasteiger charge is 2.44. The number of anilines is 1. The van der Waals surface area contributed by atoms with Crippen LogP contribution in [0.5, 0.6) is 5.75 Å². The van der Waals surface area contributed by atoms with Gasteiger partial charge in [0.1, 0.15) is 12.4 Å². The van der Waals surface area contributed by atoms with Gasteiger partial charge < -0.3 is 14.5 Å². The second-order valence-electron chi connectivity index (χ2n) is 8.83. The van der Waals surface area contributed by atoms with Crippen LogP contribution in [0.1, 0.15) is 18.4 Å². The van der Waals surface area contributed by atoms with Crippen molar-refractivity contribution in [2.75, 3.05) is 38.2 Å². The minimum Gasteiger partial charge on any atom is -0.489 e. The third-order valence-corrected chi connectivity index (χ3v) is 6.73. The Labute approximate surface area is 188 Å². The first-order valence-electron chi connectivity index (χ1n) is 11.2. The molecule has 5 rings (SSSR count). The number of pyridine rings is 1. The summed E-state index contributed by atoms with van der Waals surface area (Å²) in [5.74, 6) is 0.581. The van der Waals surface area contributed by atoms with Crippen molar-refractivity contribution in [3.05, 3.63) is 88.8 Å². The molecule has 2 fully saturated rings. The zero-order chi connectivity index (χ0) is 22.0. The minimum absolute atomic E-state index is 0.101. The van der Waals surface area contributed by atoms with Crippen LogP contribution in [-0.4, -0.2) is 42.9 Å². The standard InChI is InChI=1S/C26H29N3O3/c1-31-28-15-12-26(13-16-28)19-27(20-26)22-7-9-23(10-8-22)29-14-11-24(17-25(29)30)32-18-21-5-3-2-4-6-21/h2-11,14,17H,12-13,15-16,18-20H2,1H3. The SMILES string of the molecule is CON1CCC2(CC1)CN(c1ccc(-n3ccc(OCc4ccccc4)cc3=O)cc1)C2. The topological polar surface area (TPSA) is 46.9 Å². The van der Waals surface area contributed by atoms with Crippen LogP contribution in [0.15, 0.2) is 77.7 Å². The molecule has 2 saturated heterocycles. The molecule has 0 radical (unpaired) electrons. The lowest BCUT2D eigenvalue weighted by Gasteiger charge is -2.54. The number of nitrogens with zero attached hydrogens (tertiary/aromatic N) is 3. The van der Waals surface area contributed by atoms with Crippen molar-refractivity contribution in [2.45, 2.75) is 19.4 Å². The summed E-state index contributed by atoms with van der Waals surface area (Å²) in [6.45, 7) is 4.66. The van der Waals surface area contributed by atoms with Crippen molar-refractivity contribution < 1.29 is 9.57 Å². The molecule has 1 aromatic heterocycles. The van der Waals surface area contributed by atoms with Gasteiger partial charge in [0.15, 0.2) is 0 Å². The van der Waals surface area contributed by atoms with Crippen molar-refractivity contribution in [3.8, 4) is 11.4 Å². The third kappa shape index (κ3) is 4.29. The fourth-order valence-electron chi connectivity index (χ4n) is 4.73. The Bertz CT molecular complexity index is 1100. The van der Waals surface area contributed by atoms with Gasteiger partial charge in [-0.05, 0) is 48.7 Å². The molecule has 0 amide bonds. The molecule has 2 aromatic carbocycles. The van der Waals surface area contributed by atoms with E-state index in [1.165, 1.54) is 18.5 Å². The molecular formula is C26H29N3O3. The Morgan fingerprint density at radius 2 is 1.59 bits per heavy atom. The van der Waals surface area contributed by atoms with E-state index in [4.69, 9.17) is 9.57 Å². The summed E-state index contributed by atoms with van der Waals surface area (Å²) in [7, 11) is 1.75. The number of rotatable bonds is 6. The molecule has 1 spiro atoms. The van der Waals surface area contributed by atoms with E-state index in [0.29, 0.717) is 17.8 Å². The van der Waals surface area contributed by atoms with Gasteiger partial charge in [0, 0.05) is 55.2 Å². The summed E-state index contributed by atoms with van der Waals surface area (Å²) in [6, 6.07) is 21.6.